The second-order valence-electron chi connectivity index (χ2n) is 4.01. The average molecular weight is 171 g/mol. The molecule has 1 saturated heterocycles. The normalized spacial score (nSPS) is 32.2. The van der Waals surface area contributed by atoms with Gasteiger partial charge in [0.05, 0.1) is 6.61 Å². The lowest BCUT2D eigenvalue weighted by Gasteiger charge is -2.44. The van der Waals surface area contributed by atoms with Gasteiger partial charge in [-0.05, 0) is 32.9 Å². The zero-order valence-corrected chi connectivity index (χ0v) is 8.34. The standard InChI is InChI=1S/C10H21NO/c1-3-6-10(9-12)7-4-5-8-11(10)2/h12H,3-9H2,1-2H3. The van der Waals surface area contributed by atoms with Gasteiger partial charge in [0.1, 0.15) is 0 Å². The van der Waals surface area contributed by atoms with Gasteiger partial charge in [-0.2, -0.15) is 0 Å². The van der Waals surface area contributed by atoms with Gasteiger partial charge in [0.15, 0.2) is 0 Å². The van der Waals surface area contributed by atoms with Gasteiger partial charge in [0, 0.05) is 5.54 Å². The Hall–Kier alpha value is -0.0800. The number of aliphatic hydroxyl groups excluding tert-OH is 1. The molecular weight excluding hydrogens is 150 g/mol. The molecule has 0 amide bonds. The van der Waals surface area contributed by atoms with E-state index in [1.54, 1.807) is 0 Å². The predicted octanol–water partition coefficient (Wildman–Crippen LogP) is 1.63. The molecule has 1 atom stereocenters. The van der Waals surface area contributed by atoms with Crippen LogP contribution in [0.4, 0.5) is 0 Å². The molecule has 0 saturated carbocycles. The molecule has 1 heterocycles. The van der Waals surface area contributed by atoms with Crippen LogP contribution < -0.4 is 0 Å². The summed E-state index contributed by atoms with van der Waals surface area (Å²) < 4.78 is 0. The minimum absolute atomic E-state index is 0.118. The Balaban J connectivity index is 2.60. The maximum atomic E-state index is 9.40. The molecule has 1 N–H and O–H groups in total. The van der Waals surface area contributed by atoms with Crippen LogP contribution in [0.5, 0.6) is 0 Å². The topological polar surface area (TPSA) is 23.5 Å². The molecule has 2 heteroatoms. The third-order valence-electron chi connectivity index (χ3n) is 3.21. The maximum Gasteiger partial charge on any atom is 0.0615 e. The highest BCUT2D eigenvalue weighted by atomic mass is 16.3. The lowest BCUT2D eigenvalue weighted by atomic mass is 9.84. The number of rotatable bonds is 3. The first-order chi connectivity index (χ1) is 5.75. The Morgan fingerprint density at radius 2 is 2.17 bits per heavy atom. The molecule has 0 aromatic heterocycles. The Morgan fingerprint density at radius 1 is 1.42 bits per heavy atom. The Morgan fingerprint density at radius 3 is 2.67 bits per heavy atom. The number of hydrogen-bond donors (Lipinski definition) is 1. The van der Waals surface area contributed by atoms with Crippen molar-refractivity contribution < 1.29 is 5.11 Å². The van der Waals surface area contributed by atoms with Crippen molar-refractivity contribution in [2.75, 3.05) is 20.2 Å². The van der Waals surface area contributed by atoms with Crippen LogP contribution in [-0.4, -0.2) is 35.7 Å². The first kappa shape index (κ1) is 10.0. The fourth-order valence-corrected chi connectivity index (χ4v) is 2.29. The molecule has 1 aliphatic rings. The van der Waals surface area contributed by atoms with Crippen molar-refractivity contribution >= 4 is 0 Å². The van der Waals surface area contributed by atoms with E-state index in [2.05, 4.69) is 18.9 Å². The Bertz CT molecular complexity index is 134. The molecule has 0 aromatic rings. The molecule has 1 fully saturated rings. The summed E-state index contributed by atoms with van der Waals surface area (Å²) in [6.07, 6.45) is 6.06. The van der Waals surface area contributed by atoms with Crippen LogP contribution in [0.2, 0.25) is 0 Å². The molecule has 0 bridgehead atoms. The van der Waals surface area contributed by atoms with Crippen LogP contribution in [-0.2, 0) is 0 Å². The van der Waals surface area contributed by atoms with Gasteiger partial charge in [0.25, 0.3) is 0 Å². The predicted molar refractivity (Wildman–Crippen MR) is 51.2 cm³/mol. The van der Waals surface area contributed by atoms with Crippen LogP contribution in [0.25, 0.3) is 0 Å². The van der Waals surface area contributed by atoms with Gasteiger partial charge in [-0.15, -0.1) is 0 Å². The van der Waals surface area contributed by atoms with Crippen molar-refractivity contribution in [2.45, 2.75) is 44.6 Å². The fourth-order valence-electron chi connectivity index (χ4n) is 2.29. The Labute approximate surface area is 75.6 Å². The second-order valence-corrected chi connectivity index (χ2v) is 4.01. The lowest BCUT2D eigenvalue weighted by Crippen LogP contribution is -2.52. The van der Waals surface area contributed by atoms with Crippen molar-refractivity contribution in [1.29, 1.82) is 0 Å². The van der Waals surface area contributed by atoms with E-state index in [0.717, 1.165) is 13.0 Å². The quantitative estimate of drug-likeness (QED) is 0.697. The average Bonchev–Trinajstić information content (AvgIpc) is 2.10. The first-order valence-electron chi connectivity index (χ1n) is 5.07. The summed E-state index contributed by atoms with van der Waals surface area (Å²) in [5.74, 6) is 0. The molecule has 0 radical (unpaired) electrons. The van der Waals surface area contributed by atoms with Crippen LogP contribution in [0.15, 0.2) is 0 Å². The molecule has 0 spiro atoms. The lowest BCUT2D eigenvalue weighted by molar-refractivity contribution is 0.0107. The minimum atomic E-state index is 0.118. The number of aliphatic hydroxyl groups is 1. The van der Waals surface area contributed by atoms with Crippen molar-refractivity contribution in [1.82, 2.24) is 4.90 Å². The molecule has 12 heavy (non-hydrogen) atoms. The van der Waals surface area contributed by atoms with Crippen LogP contribution in [0.1, 0.15) is 39.0 Å². The summed E-state index contributed by atoms with van der Waals surface area (Å²) in [4.78, 5) is 2.35. The molecule has 72 valence electrons. The van der Waals surface area contributed by atoms with E-state index < -0.39 is 0 Å². The number of nitrogens with zero attached hydrogens (tertiary/aromatic N) is 1. The van der Waals surface area contributed by atoms with Gasteiger partial charge >= 0.3 is 0 Å². The van der Waals surface area contributed by atoms with Crippen LogP contribution >= 0.6 is 0 Å². The number of likely N-dealkylation sites (tertiary alicyclic amines) is 1. The number of piperidine rings is 1. The van der Waals surface area contributed by atoms with E-state index in [-0.39, 0.29) is 5.54 Å². The van der Waals surface area contributed by atoms with Crippen molar-refractivity contribution in [3.63, 3.8) is 0 Å². The van der Waals surface area contributed by atoms with Gasteiger partial charge < -0.3 is 5.11 Å². The van der Waals surface area contributed by atoms with Gasteiger partial charge in [-0.3, -0.25) is 4.90 Å². The number of hydrogen-bond acceptors (Lipinski definition) is 2. The van der Waals surface area contributed by atoms with Crippen molar-refractivity contribution in [3.8, 4) is 0 Å². The zero-order valence-electron chi connectivity index (χ0n) is 8.34. The van der Waals surface area contributed by atoms with E-state index in [9.17, 15) is 5.11 Å². The van der Waals surface area contributed by atoms with E-state index in [1.165, 1.54) is 25.7 Å². The molecule has 1 aliphatic heterocycles. The van der Waals surface area contributed by atoms with Gasteiger partial charge in [-0.1, -0.05) is 19.8 Å². The van der Waals surface area contributed by atoms with Crippen molar-refractivity contribution in [2.24, 2.45) is 0 Å². The van der Waals surface area contributed by atoms with Crippen LogP contribution in [0, 0.1) is 0 Å². The molecule has 0 aromatic carbocycles. The monoisotopic (exact) mass is 171 g/mol. The van der Waals surface area contributed by atoms with E-state index >= 15 is 0 Å². The maximum absolute atomic E-state index is 9.40. The summed E-state index contributed by atoms with van der Waals surface area (Å²) in [7, 11) is 2.14. The number of likely N-dealkylation sites (N-methyl/N-ethyl adjacent to an activating group) is 1. The summed E-state index contributed by atoms with van der Waals surface area (Å²) in [6.45, 7) is 3.68. The van der Waals surface area contributed by atoms with E-state index in [4.69, 9.17) is 0 Å². The highest BCUT2D eigenvalue weighted by molar-refractivity contribution is 4.91. The second kappa shape index (κ2) is 4.24. The summed E-state index contributed by atoms with van der Waals surface area (Å²) in [6, 6.07) is 0. The molecule has 2 nitrogen and oxygen atoms in total. The van der Waals surface area contributed by atoms with E-state index in [1.807, 2.05) is 0 Å². The largest absolute Gasteiger partial charge is 0.394 e. The zero-order chi connectivity index (χ0) is 9.03. The molecule has 1 rings (SSSR count). The summed E-state index contributed by atoms with van der Waals surface area (Å²) in [5.41, 5.74) is 0.118. The summed E-state index contributed by atoms with van der Waals surface area (Å²) >= 11 is 0. The van der Waals surface area contributed by atoms with Crippen LogP contribution in [0.3, 0.4) is 0 Å². The smallest absolute Gasteiger partial charge is 0.0615 e. The van der Waals surface area contributed by atoms with Crippen molar-refractivity contribution in [3.05, 3.63) is 0 Å². The first-order valence-corrected chi connectivity index (χ1v) is 5.07. The molecule has 1 unspecified atom stereocenters. The molecule has 0 aliphatic carbocycles. The third kappa shape index (κ3) is 1.80. The van der Waals surface area contributed by atoms with Gasteiger partial charge in [-0.25, -0.2) is 0 Å². The highest BCUT2D eigenvalue weighted by Crippen LogP contribution is 2.30. The highest BCUT2D eigenvalue weighted by Gasteiger charge is 2.34. The third-order valence-corrected chi connectivity index (χ3v) is 3.21. The van der Waals surface area contributed by atoms with E-state index in [0.29, 0.717) is 6.61 Å². The Kier molecular flexibility index (Phi) is 3.53. The minimum Gasteiger partial charge on any atom is -0.394 e. The van der Waals surface area contributed by atoms with Gasteiger partial charge in [0.2, 0.25) is 0 Å². The fraction of sp³-hybridized carbons (Fsp3) is 1.00. The summed E-state index contributed by atoms with van der Waals surface area (Å²) in [5, 5.41) is 9.40. The SMILES string of the molecule is CCCC1(CO)CCCCN1C. The molecular formula is C10H21NO.